The van der Waals surface area contributed by atoms with E-state index < -0.39 is 7.15 Å². The highest BCUT2D eigenvalue weighted by Crippen LogP contribution is 2.71. The van der Waals surface area contributed by atoms with Gasteiger partial charge < -0.3 is 12.2 Å². The normalized spacial score (nSPS) is 43.3. The van der Waals surface area contributed by atoms with E-state index in [0.29, 0.717) is 25.0 Å². The molecule has 3 fully saturated rings. The fourth-order valence-corrected chi connectivity index (χ4v) is 5.21. The first-order valence-corrected chi connectivity index (χ1v) is 8.50. The van der Waals surface area contributed by atoms with Crippen LogP contribution >= 0.6 is 7.15 Å². The smallest absolute Gasteiger partial charge is 0.290 e. The Morgan fingerprint density at radius 1 is 1.25 bits per heavy atom. The Balaban J connectivity index is 2.21. The molecule has 5 heteroatoms. The van der Waals surface area contributed by atoms with Crippen molar-refractivity contribution < 1.29 is 13.6 Å². The highest BCUT2D eigenvalue weighted by molar-refractivity contribution is 8.36. The molecule has 0 aliphatic carbocycles. The van der Waals surface area contributed by atoms with Crippen molar-refractivity contribution in [1.29, 1.82) is 0 Å². The quantitative estimate of drug-likeness (QED) is 0.577. The van der Waals surface area contributed by atoms with Crippen molar-refractivity contribution in [2.75, 3.05) is 13.2 Å². The topological polar surface area (TPSA) is 27.7 Å². The molecule has 2 bridgehead atoms. The van der Waals surface area contributed by atoms with E-state index in [1.54, 1.807) is 0 Å². The summed E-state index contributed by atoms with van der Waals surface area (Å²) in [4.78, 5) is 0. The fourth-order valence-electron chi connectivity index (χ4n) is 2.85. The minimum atomic E-state index is -2.39. The van der Waals surface area contributed by atoms with Gasteiger partial charge in [-0.05, 0) is 18.3 Å². The van der Waals surface area contributed by atoms with Crippen LogP contribution in [0.2, 0.25) is 0 Å². The summed E-state index contributed by atoms with van der Waals surface area (Å²) in [6.07, 6.45) is 1.27. The van der Waals surface area contributed by atoms with Crippen LogP contribution in [-0.2, 0) is 25.8 Å². The summed E-state index contributed by atoms with van der Waals surface area (Å²) in [7, 11) is -2.39. The van der Waals surface area contributed by atoms with Crippen molar-refractivity contribution >= 4 is 19.4 Å². The summed E-state index contributed by atoms with van der Waals surface area (Å²) < 4.78 is 17.2. The number of hydrogen-bond donors (Lipinski definition) is 0. The van der Waals surface area contributed by atoms with Gasteiger partial charge in [-0.25, -0.2) is 0 Å². The summed E-state index contributed by atoms with van der Waals surface area (Å²) in [5, 5.41) is 0. The molecule has 3 rings (SSSR count). The van der Waals surface area contributed by atoms with E-state index >= 15 is 0 Å². The molecule has 0 spiro atoms. The summed E-state index contributed by atoms with van der Waals surface area (Å²) in [6, 6.07) is 0. The lowest BCUT2D eigenvalue weighted by molar-refractivity contribution is -0.148. The average molecular weight is 264 g/mol. The molecule has 1 atom stereocenters. The molecule has 0 aromatic carbocycles. The second kappa shape index (κ2) is 4.40. The maximum Gasteiger partial charge on any atom is 0.290 e. The molecule has 0 amide bonds. The first-order valence-electron chi connectivity index (χ1n) is 5.94. The van der Waals surface area contributed by atoms with Crippen LogP contribution < -0.4 is 0 Å². The molecule has 0 N–H and O–H groups in total. The Bertz CT molecular complexity index is 262. The second-order valence-corrected chi connectivity index (χ2v) is 8.69. The lowest BCUT2D eigenvalue weighted by atomic mass is 9.73. The van der Waals surface area contributed by atoms with Crippen LogP contribution in [-0.4, -0.2) is 19.3 Å². The molecule has 3 aliphatic heterocycles. The van der Waals surface area contributed by atoms with Gasteiger partial charge in [-0.2, -0.15) is 13.6 Å². The van der Waals surface area contributed by atoms with Crippen molar-refractivity contribution in [1.82, 2.24) is 0 Å². The van der Waals surface area contributed by atoms with Gasteiger partial charge in [-0.15, -0.1) is 0 Å². The maximum absolute atomic E-state index is 5.92. The highest BCUT2D eigenvalue weighted by atomic mass is 32.7. The van der Waals surface area contributed by atoms with Crippen LogP contribution in [0.4, 0.5) is 0 Å². The first-order chi connectivity index (χ1) is 7.37. The van der Waals surface area contributed by atoms with Crippen LogP contribution in [0.5, 0.6) is 0 Å². The molecule has 3 saturated heterocycles. The van der Waals surface area contributed by atoms with E-state index in [0.717, 1.165) is 6.42 Å². The standard InChI is InChI=1S/C11H21O3PS/c1-8(2)5-11-6-12-15(16,13-7-11)14-10(11)9(3)4/h8-10H,5-7H2,1-4H3. The third-order valence-corrected chi connectivity index (χ3v) is 5.55. The van der Waals surface area contributed by atoms with Gasteiger partial charge >= 0.3 is 0 Å². The van der Waals surface area contributed by atoms with E-state index in [9.17, 15) is 0 Å². The molecule has 1 unspecified atom stereocenters. The Labute approximate surface area is 104 Å². The average Bonchev–Trinajstić information content (AvgIpc) is 2.18. The van der Waals surface area contributed by atoms with Crippen molar-refractivity contribution in [3.63, 3.8) is 0 Å². The van der Waals surface area contributed by atoms with Gasteiger partial charge in [0.05, 0.1) is 5.41 Å². The van der Waals surface area contributed by atoms with Crippen molar-refractivity contribution in [3.05, 3.63) is 0 Å². The van der Waals surface area contributed by atoms with Gasteiger partial charge in [0.25, 0.3) is 7.15 Å². The van der Waals surface area contributed by atoms with Crippen LogP contribution in [0.25, 0.3) is 0 Å². The zero-order valence-corrected chi connectivity index (χ0v) is 12.1. The fraction of sp³-hybridized carbons (Fsp3) is 1.00. The zero-order valence-electron chi connectivity index (χ0n) is 10.4. The zero-order chi connectivity index (χ0) is 12.0. The Hall–Kier alpha value is 0.660. The summed E-state index contributed by atoms with van der Waals surface area (Å²) in [6.45, 7) is 10.3. The second-order valence-electron chi connectivity index (χ2n) is 5.72. The largest absolute Gasteiger partial charge is 0.459 e. The van der Waals surface area contributed by atoms with Crippen molar-refractivity contribution in [3.8, 4) is 0 Å². The molecular weight excluding hydrogens is 243 g/mol. The number of rotatable bonds is 3. The summed E-state index contributed by atoms with van der Waals surface area (Å²) in [5.41, 5.74) is 0.0168. The summed E-state index contributed by atoms with van der Waals surface area (Å²) in [5.74, 6) is 1.08. The van der Waals surface area contributed by atoms with Crippen molar-refractivity contribution in [2.45, 2.75) is 40.2 Å². The van der Waals surface area contributed by atoms with Gasteiger partial charge in [0, 0.05) is 0 Å². The van der Waals surface area contributed by atoms with E-state index in [4.69, 9.17) is 25.8 Å². The molecule has 0 saturated carbocycles. The summed E-state index contributed by atoms with van der Waals surface area (Å²) >= 11 is 5.30. The first kappa shape index (κ1) is 13.1. The molecule has 3 heterocycles. The molecule has 16 heavy (non-hydrogen) atoms. The monoisotopic (exact) mass is 264 g/mol. The number of fused-ring (bicyclic) bond motifs is 3. The van der Waals surface area contributed by atoms with Crippen LogP contribution in [0.15, 0.2) is 0 Å². The number of hydrogen-bond acceptors (Lipinski definition) is 4. The molecule has 3 nitrogen and oxygen atoms in total. The van der Waals surface area contributed by atoms with Gasteiger partial charge in [0.2, 0.25) is 0 Å². The van der Waals surface area contributed by atoms with Crippen LogP contribution in [0, 0.1) is 17.3 Å². The Morgan fingerprint density at radius 2 is 1.81 bits per heavy atom. The SMILES string of the molecule is CC(C)CC12CO[P+]([S-])(OC1)OC2C(C)C. The predicted molar refractivity (Wildman–Crippen MR) is 67.8 cm³/mol. The van der Waals surface area contributed by atoms with Gasteiger partial charge in [-0.3, -0.25) is 0 Å². The molecule has 0 aromatic heterocycles. The van der Waals surface area contributed by atoms with E-state index in [2.05, 4.69) is 27.7 Å². The molecule has 0 radical (unpaired) electrons. The van der Waals surface area contributed by atoms with Gasteiger partial charge in [0.1, 0.15) is 19.3 Å². The lowest BCUT2D eigenvalue weighted by Crippen LogP contribution is -2.55. The van der Waals surface area contributed by atoms with E-state index in [1.165, 1.54) is 0 Å². The van der Waals surface area contributed by atoms with E-state index in [-0.39, 0.29) is 11.5 Å². The predicted octanol–water partition coefficient (Wildman–Crippen LogP) is 3.35. The third-order valence-electron chi connectivity index (χ3n) is 3.29. The molecule has 94 valence electrons. The Morgan fingerprint density at radius 3 is 2.25 bits per heavy atom. The Kier molecular flexibility index (Phi) is 3.60. The van der Waals surface area contributed by atoms with Crippen LogP contribution in [0.1, 0.15) is 34.1 Å². The minimum absolute atomic E-state index is 0.0168. The third kappa shape index (κ3) is 2.28. The minimum Gasteiger partial charge on any atom is -0.459 e. The highest BCUT2D eigenvalue weighted by Gasteiger charge is 2.60. The lowest BCUT2D eigenvalue weighted by Gasteiger charge is -2.53. The molecular formula is C11H21O3PS. The van der Waals surface area contributed by atoms with Gasteiger partial charge in [-0.1, -0.05) is 27.7 Å². The van der Waals surface area contributed by atoms with Crippen molar-refractivity contribution in [2.24, 2.45) is 17.3 Å². The maximum atomic E-state index is 5.92. The van der Waals surface area contributed by atoms with E-state index in [1.807, 2.05) is 0 Å². The van der Waals surface area contributed by atoms with Gasteiger partial charge in [0.15, 0.2) is 0 Å². The van der Waals surface area contributed by atoms with Crippen LogP contribution in [0.3, 0.4) is 0 Å². The molecule has 0 aromatic rings. The molecule has 3 aliphatic rings.